The maximum Gasteiger partial charge on any atom is -0.00231 e. The fourth-order valence-corrected chi connectivity index (χ4v) is 2.28. The fourth-order valence-electron chi connectivity index (χ4n) is 2.28. The third-order valence-electron chi connectivity index (χ3n) is 3.54. The predicted octanol–water partition coefficient (Wildman–Crippen LogP) is 5.02. The Bertz CT molecular complexity index is 518. The molecule has 94 valence electrons. The molecule has 0 radical (unpaired) electrons. The summed E-state index contributed by atoms with van der Waals surface area (Å²) in [4.78, 5) is 0. The lowest BCUT2D eigenvalue weighted by atomic mass is 9.96. The molecule has 0 atom stereocenters. The summed E-state index contributed by atoms with van der Waals surface area (Å²) in [5, 5.41) is 0. The highest BCUT2D eigenvalue weighted by Crippen LogP contribution is 2.18. The standard InChI is InChI=1S/C18H22/c1-13(2)17-9-6-16(7-10-17)12-18-8-5-14(3)11-15(18)4/h5-11,13H,12H2,1-4H3. The molecule has 18 heavy (non-hydrogen) atoms. The molecule has 0 heterocycles. The molecule has 0 saturated carbocycles. The Kier molecular flexibility index (Phi) is 3.86. The van der Waals surface area contributed by atoms with E-state index in [1.54, 1.807) is 0 Å². The van der Waals surface area contributed by atoms with Crippen LogP contribution in [0.1, 0.15) is 47.6 Å². The van der Waals surface area contributed by atoms with Gasteiger partial charge in [0.25, 0.3) is 0 Å². The van der Waals surface area contributed by atoms with Crippen molar-refractivity contribution in [3.63, 3.8) is 0 Å². The van der Waals surface area contributed by atoms with Gasteiger partial charge in [0.15, 0.2) is 0 Å². The average Bonchev–Trinajstić information content (AvgIpc) is 2.33. The van der Waals surface area contributed by atoms with Crippen molar-refractivity contribution in [2.45, 2.75) is 40.0 Å². The quantitative estimate of drug-likeness (QED) is 0.704. The SMILES string of the molecule is Cc1ccc(Cc2ccc(C(C)C)cc2)c(C)c1. The fraction of sp³-hybridized carbons (Fsp3) is 0.333. The van der Waals surface area contributed by atoms with Crippen LogP contribution in [0.2, 0.25) is 0 Å². The van der Waals surface area contributed by atoms with Gasteiger partial charge in [-0.15, -0.1) is 0 Å². The molecule has 0 unspecified atom stereocenters. The van der Waals surface area contributed by atoms with Crippen molar-refractivity contribution in [1.82, 2.24) is 0 Å². The average molecular weight is 238 g/mol. The zero-order valence-corrected chi connectivity index (χ0v) is 11.8. The summed E-state index contributed by atoms with van der Waals surface area (Å²) in [5.74, 6) is 0.611. The minimum Gasteiger partial charge on any atom is -0.0590 e. The number of rotatable bonds is 3. The number of hydrogen-bond acceptors (Lipinski definition) is 0. The maximum absolute atomic E-state index is 2.26. The van der Waals surface area contributed by atoms with Crippen LogP contribution in [0.3, 0.4) is 0 Å². The zero-order chi connectivity index (χ0) is 13.1. The molecular weight excluding hydrogens is 216 g/mol. The van der Waals surface area contributed by atoms with Crippen LogP contribution in [0.5, 0.6) is 0 Å². The molecule has 0 saturated heterocycles. The van der Waals surface area contributed by atoms with Crippen molar-refractivity contribution in [3.05, 3.63) is 70.3 Å². The molecule has 0 heteroatoms. The highest BCUT2D eigenvalue weighted by atomic mass is 14.1. The molecule has 0 amide bonds. The summed E-state index contributed by atoms with van der Waals surface area (Å²) >= 11 is 0. The second-order valence-electron chi connectivity index (χ2n) is 5.50. The van der Waals surface area contributed by atoms with E-state index in [1.807, 2.05) is 0 Å². The molecule has 0 aliphatic rings. The second kappa shape index (κ2) is 5.39. The monoisotopic (exact) mass is 238 g/mol. The van der Waals surface area contributed by atoms with Gasteiger partial charge < -0.3 is 0 Å². The lowest BCUT2D eigenvalue weighted by Crippen LogP contribution is -1.94. The van der Waals surface area contributed by atoms with Crippen LogP contribution < -0.4 is 0 Å². The highest BCUT2D eigenvalue weighted by molar-refractivity contribution is 5.35. The van der Waals surface area contributed by atoms with E-state index in [9.17, 15) is 0 Å². The van der Waals surface area contributed by atoms with Gasteiger partial charge in [-0.3, -0.25) is 0 Å². The van der Waals surface area contributed by atoms with Gasteiger partial charge in [-0.1, -0.05) is 61.9 Å². The summed E-state index contributed by atoms with van der Waals surface area (Å²) in [5.41, 5.74) is 6.97. The zero-order valence-electron chi connectivity index (χ0n) is 11.8. The van der Waals surface area contributed by atoms with Crippen LogP contribution in [-0.2, 0) is 6.42 Å². The van der Waals surface area contributed by atoms with Gasteiger partial charge in [0.2, 0.25) is 0 Å². The molecule has 0 fully saturated rings. The molecule has 0 bridgehead atoms. The van der Waals surface area contributed by atoms with Crippen molar-refractivity contribution < 1.29 is 0 Å². The van der Waals surface area contributed by atoms with E-state index >= 15 is 0 Å². The minimum atomic E-state index is 0.611. The van der Waals surface area contributed by atoms with Crippen LogP contribution in [0.4, 0.5) is 0 Å². The smallest absolute Gasteiger partial charge is 0.00231 e. The molecule has 0 spiro atoms. The maximum atomic E-state index is 2.26. The molecule has 0 nitrogen and oxygen atoms in total. The van der Waals surface area contributed by atoms with E-state index in [1.165, 1.54) is 27.8 Å². The summed E-state index contributed by atoms with van der Waals surface area (Å²) in [6.07, 6.45) is 1.03. The largest absolute Gasteiger partial charge is 0.0590 e. The van der Waals surface area contributed by atoms with Gasteiger partial charge in [0.1, 0.15) is 0 Å². The second-order valence-corrected chi connectivity index (χ2v) is 5.50. The number of hydrogen-bond donors (Lipinski definition) is 0. The molecule has 2 aromatic rings. The van der Waals surface area contributed by atoms with Crippen molar-refractivity contribution in [3.8, 4) is 0 Å². The van der Waals surface area contributed by atoms with E-state index < -0.39 is 0 Å². The number of benzene rings is 2. The topological polar surface area (TPSA) is 0 Å². The summed E-state index contributed by atoms with van der Waals surface area (Å²) in [6.45, 7) is 8.82. The van der Waals surface area contributed by atoms with Gasteiger partial charge in [-0.25, -0.2) is 0 Å². The van der Waals surface area contributed by atoms with Gasteiger partial charge >= 0.3 is 0 Å². The molecular formula is C18H22. The summed E-state index contributed by atoms with van der Waals surface area (Å²) < 4.78 is 0. The van der Waals surface area contributed by atoms with E-state index in [0.717, 1.165) is 6.42 Å². The Labute approximate surface area is 111 Å². The van der Waals surface area contributed by atoms with Gasteiger partial charge in [0, 0.05) is 0 Å². The Morgan fingerprint density at radius 3 is 2.11 bits per heavy atom. The first kappa shape index (κ1) is 12.9. The normalized spacial score (nSPS) is 10.9. The van der Waals surface area contributed by atoms with Crippen LogP contribution in [0, 0.1) is 13.8 Å². The van der Waals surface area contributed by atoms with E-state index in [0.29, 0.717) is 5.92 Å². The van der Waals surface area contributed by atoms with Crippen molar-refractivity contribution in [2.24, 2.45) is 0 Å². The summed E-state index contributed by atoms with van der Waals surface area (Å²) in [6, 6.07) is 15.7. The van der Waals surface area contributed by atoms with Crippen LogP contribution in [0.25, 0.3) is 0 Å². The van der Waals surface area contributed by atoms with Gasteiger partial charge in [-0.2, -0.15) is 0 Å². The predicted molar refractivity (Wildman–Crippen MR) is 79.3 cm³/mol. The first-order chi connectivity index (χ1) is 8.56. The highest BCUT2D eigenvalue weighted by Gasteiger charge is 2.02. The van der Waals surface area contributed by atoms with Crippen molar-refractivity contribution in [2.75, 3.05) is 0 Å². The molecule has 0 aromatic heterocycles. The first-order valence-corrected chi connectivity index (χ1v) is 6.71. The first-order valence-electron chi connectivity index (χ1n) is 6.71. The van der Waals surface area contributed by atoms with Gasteiger partial charge in [0.05, 0.1) is 0 Å². The van der Waals surface area contributed by atoms with Crippen molar-refractivity contribution in [1.29, 1.82) is 0 Å². The van der Waals surface area contributed by atoms with Crippen LogP contribution in [0.15, 0.2) is 42.5 Å². The lowest BCUT2D eigenvalue weighted by molar-refractivity contribution is 0.865. The van der Waals surface area contributed by atoms with E-state index in [-0.39, 0.29) is 0 Å². The van der Waals surface area contributed by atoms with Crippen molar-refractivity contribution >= 4 is 0 Å². The minimum absolute atomic E-state index is 0.611. The van der Waals surface area contributed by atoms with Crippen LogP contribution in [-0.4, -0.2) is 0 Å². The molecule has 0 N–H and O–H groups in total. The Balaban J connectivity index is 2.18. The third-order valence-corrected chi connectivity index (χ3v) is 3.54. The Morgan fingerprint density at radius 2 is 1.56 bits per heavy atom. The molecule has 2 rings (SSSR count). The Morgan fingerprint density at radius 1 is 0.889 bits per heavy atom. The van der Waals surface area contributed by atoms with Crippen LogP contribution >= 0.6 is 0 Å². The van der Waals surface area contributed by atoms with E-state index in [2.05, 4.69) is 70.2 Å². The lowest BCUT2D eigenvalue weighted by Gasteiger charge is -2.09. The molecule has 2 aromatic carbocycles. The summed E-state index contributed by atoms with van der Waals surface area (Å²) in [7, 11) is 0. The van der Waals surface area contributed by atoms with E-state index in [4.69, 9.17) is 0 Å². The Hall–Kier alpha value is -1.56. The molecule has 0 aliphatic heterocycles. The third kappa shape index (κ3) is 3.01. The number of aryl methyl sites for hydroxylation is 2. The molecule has 0 aliphatic carbocycles. The van der Waals surface area contributed by atoms with Gasteiger partial charge in [-0.05, 0) is 48.4 Å².